The molecule has 0 bridgehead atoms. The Hall–Kier alpha value is -2.95. The van der Waals surface area contributed by atoms with Crippen molar-refractivity contribution in [3.8, 4) is 0 Å². The van der Waals surface area contributed by atoms with Crippen molar-refractivity contribution in [1.82, 2.24) is 20.2 Å². The van der Waals surface area contributed by atoms with Gasteiger partial charge in [-0.1, -0.05) is 40.2 Å². The Balaban J connectivity index is 1.61. The van der Waals surface area contributed by atoms with Crippen molar-refractivity contribution in [1.29, 1.82) is 0 Å². The number of aryl methyl sites for hydroxylation is 1. The molecule has 0 saturated carbocycles. The normalized spacial score (nSPS) is 13.1. The van der Waals surface area contributed by atoms with E-state index in [0.717, 1.165) is 15.7 Å². The van der Waals surface area contributed by atoms with E-state index in [-0.39, 0.29) is 31.4 Å². The van der Waals surface area contributed by atoms with Crippen LogP contribution in [0, 0.1) is 6.92 Å². The van der Waals surface area contributed by atoms with Crippen LogP contribution in [0.3, 0.4) is 0 Å². The molecule has 10 heteroatoms. The first kappa shape index (κ1) is 30.6. The number of fused-ring (bicyclic) bond motifs is 1. The van der Waals surface area contributed by atoms with Gasteiger partial charge in [0.1, 0.15) is 5.60 Å². The molecular formula is C29H40BrN5O4. The van der Waals surface area contributed by atoms with Crippen LogP contribution in [-0.4, -0.2) is 78.2 Å². The smallest absolute Gasteiger partial charge is 0.410 e. The second-order valence-corrected chi connectivity index (χ2v) is 11.6. The maximum Gasteiger partial charge on any atom is 0.410 e. The van der Waals surface area contributed by atoms with E-state index in [1.54, 1.807) is 21.9 Å². The Morgan fingerprint density at radius 2 is 1.62 bits per heavy atom. The quantitative estimate of drug-likeness (QED) is 0.436. The average molecular weight is 603 g/mol. The lowest BCUT2D eigenvalue weighted by Crippen LogP contribution is -2.48. The maximum absolute atomic E-state index is 13.4. The number of amides is 3. The number of benzene rings is 2. The number of nitrogens with one attached hydrogen (secondary N) is 1. The summed E-state index contributed by atoms with van der Waals surface area (Å²) in [6.45, 7) is 11.7. The zero-order valence-electron chi connectivity index (χ0n) is 23.8. The molecule has 0 aliphatic carbocycles. The molecule has 0 radical (unpaired) electrons. The van der Waals surface area contributed by atoms with Crippen LogP contribution in [-0.2, 0) is 27.4 Å². The highest BCUT2D eigenvalue weighted by Crippen LogP contribution is 2.25. The van der Waals surface area contributed by atoms with Gasteiger partial charge >= 0.3 is 6.09 Å². The van der Waals surface area contributed by atoms with Gasteiger partial charge in [-0.05, 0) is 69.5 Å². The monoisotopic (exact) mass is 601 g/mol. The van der Waals surface area contributed by atoms with Gasteiger partial charge in [-0.15, -0.1) is 0 Å². The maximum atomic E-state index is 13.4. The Bertz CT molecular complexity index is 1160. The van der Waals surface area contributed by atoms with Crippen LogP contribution < -0.4 is 10.2 Å². The minimum atomic E-state index is -0.607. The second kappa shape index (κ2) is 13.4. The van der Waals surface area contributed by atoms with Gasteiger partial charge in [-0.2, -0.15) is 0 Å². The Labute approximate surface area is 240 Å². The van der Waals surface area contributed by atoms with Crippen LogP contribution in [0.25, 0.3) is 0 Å². The molecule has 0 atom stereocenters. The second-order valence-electron chi connectivity index (χ2n) is 10.6. The summed E-state index contributed by atoms with van der Waals surface area (Å²) in [4.78, 5) is 42.2. The fourth-order valence-electron chi connectivity index (χ4n) is 4.40. The van der Waals surface area contributed by atoms with E-state index in [2.05, 4.69) is 33.4 Å². The van der Waals surface area contributed by atoms with E-state index in [9.17, 15) is 14.4 Å². The lowest BCUT2D eigenvalue weighted by molar-refractivity contribution is -0.145. The largest absolute Gasteiger partial charge is 0.444 e. The zero-order valence-corrected chi connectivity index (χ0v) is 25.4. The molecule has 0 fully saturated rings. The molecular weight excluding hydrogens is 562 g/mol. The van der Waals surface area contributed by atoms with Crippen LogP contribution in [0.1, 0.15) is 44.4 Å². The molecule has 2 aromatic rings. The van der Waals surface area contributed by atoms with E-state index in [1.807, 2.05) is 70.0 Å². The number of nitrogens with zero attached hydrogens (tertiary/aromatic N) is 4. The highest BCUT2D eigenvalue weighted by Gasteiger charge is 2.26. The fraction of sp³-hybridized carbons (Fsp3) is 0.483. The molecule has 0 unspecified atom stereocenters. The van der Waals surface area contributed by atoms with Gasteiger partial charge in [-0.25, -0.2) is 9.80 Å². The molecule has 1 aliphatic rings. The molecule has 0 aromatic heterocycles. The fourth-order valence-corrected chi connectivity index (χ4v) is 4.87. The van der Waals surface area contributed by atoms with Crippen molar-refractivity contribution >= 4 is 39.5 Å². The van der Waals surface area contributed by atoms with E-state index in [0.29, 0.717) is 26.2 Å². The third kappa shape index (κ3) is 8.52. The number of anilines is 1. The predicted octanol–water partition coefficient (Wildman–Crippen LogP) is 4.33. The first-order valence-electron chi connectivity index (χ1n) is 13.2. The first-order chi connectivity index (χ1) is 18.4. The minimum absolute atomic E-state index is 0.0200. The summed E-state index contributed by atoms with van der Waals surface area (Å²) in [5.74, 6) is -0.311. The van der Waals surface area contributed by atoms with Gasteiger partial charge in [0.15, 0.2) is 0 Å². The highest BCUT2D eigenvalue weighted by molar-refractivity contribution is 9.10. The number of hydrazine groups is 1. The number of hydrogen-bond donors (Lipinski definition) is 1. The predicted molar refractivity (Wildman–Crippen MR) is 156 cm³/mol. The Morgan fingerprint density at radius 3 is 2.18 bits per heavy atom. The molecule has 39 heavy (non-hydrogen) atoms. The molecule has 3 rings (SSSR count). The van der Waals surface area contributed by atoms with E-state index in [1.165, 1.54) is 11.1 Å². The van der Waals surface area contributed by atoms with E-state index in [4.69, 9.17) is 4.74 Å². The lowest BCUT2D eigenvalue weighted by Gasteiger charge is -2.30. The molecule has 212 valence electrons. The van der Waals surface area contributed by atoms with Gasteiger partial charge < -0.3 is 14.5 Å². The van der Waals surface area contributed by atoms with Gasteiger partial charge in [0, 0.05) is 49.9 Å². The molecule has 3 amide bonds. The summed E-state index contributed by atoms with van der Waals surface area (Å²) in [6, 6.07) is 13.9. The Kier molecular flexibility index (Phi) is 10.5. The van der Waals surface area contributed by atoms with Crippen LogP contribution in [0.2, 0.25) is 0 Å². The molecule has 9 nitrogen and oxygen atoms in total. The van der Waals surface area contributed by atoms with Crippen molar-refractivity contribution in [2.24, 2.45) is 0 Å². The van der Waals surface area contributed by atoms with Crippen LogP contribution in [0.15, 0.2) is 46.9 Å². The van der Waals surface area contributed by atoms with Crippen LogP contribution in [0.4, 0.5) is 10.5 Å². The first-order valence-corrected chi connectivity index (χ1v) is 14.0. The van der Waals surface area contributed by atoms with Crippen molar-refractivity contribution in [2.45, 2.75) is 53.3 Å². The summed E-state index contributed by atoms with van der Waals surface area (Å²) in [6.07, 6.45) is -0.416. The number of ether oxygens (including phenoxy) is 1. The molecule has 0 spiro atoms. The number of carbonyl (C=O) groups excluding carboxylic acids is 3. The summed E-state index contributed by atoms with van der Waals surface area (Å²) in [7, 11) is 1.76. The molecule has 1 N–H and O–H groups in total. The number of hydrogen-bond acceptors (Lipinski definition) is 6. The molecule has 1 heterocycles. The molecule has 2 aromatic carbocycles. The van der Waals surface area contributed by atoms with Gasteiger partial charge in [-0.3, -0.25) is 19.9 Å². The van der Waals surface area contributed by atoms with Gasteiger partial charge in [0.25, 0.3) is 5.91 Å². The van der Waals surface area contributed by atoms with Crippen molar-refractivity contribution < 1.29 is 19.1 Å². The minimum Gasteiger partial charge on any atom is -0.444 e. The number of likely N-dealkylation sites (N-methyl/N-ethyl adjacent to an activating group) is 2. The number of halogens is 1. The van der Waals surface area contributed by atoms with Crippen LogP contribution >= 0.6 is 15.9 Å². The standard InChI is InChI=1S/C29H40BrN5O4/c1-7-33(28(38)39-29(3,4)5)14-15-35(25-13-12-24(30)16-21(25)2)27(37)18-31-17-26(36)32(6)34-19-22-10-8-9-11-23(22)20-34/h8-13,16,31H,7,14-15,17-20H2,1-6H3. The van der Waals surface area contributed by atoms with E-state index >= 15 is 0 Å². The average Bonchev–Trinajstić information content (AvgIpc) is 3.30. The van der Waals surface area contributed by atoms with Crippen molar-refractivity contribution in [3.05, 3.63) is 63.6 Å². The zero-order chi connectivity index (χ0) is 28.7. The summed E-state index contributed by atoms with van der Waals surface area (Å²) >= 11 is 3.48. The summed E-state index contributed by atoms with van der Waals surface area (Å²) < 4.78 is 6.44. The summed E-state index contributed by atoms with van der Waals surface area (Å²) in [5.41, 5.74) is 3.50. The molecule has 0 saturated heterocycles. The van der Waals surface area contributed by atoms with Crippen LogP contribution in [0.5, 0.6) is 0 Å². The van der Waals surface area contributed by atoms with Crippen molar-refractivity contribution in [3.63, 3.8) is 0 Å². The van der Waals surface area contributed by atoms with Gasteiger partial charge in [0.2, 0.25) is 5.91 Å². The lowest BCUT2D eigenvalue weighted by atomic mass is 10.1. The van der Waals surface area contributed by atoms with Crippen molar-refractivity contribution in [2.75, 3.05) is 44.7 Å². The van der Waals surface area contributed by atoms with Gasteiger partial charge in [0.05, 0.1) is 13.1 Å². The molecule has 1 aliphatic heterocycles. The number of carbonyl (C=O) groups is 3. The van der Waals surface area contributed by atoms with E-state index < -0.39 is 11.7 Å². The topological polar surface area (TPSA) is 85.4 Å². The third-order valence-corrected chi connectivity index (χ3v) is 7.03. The summed E-state index contributed by atoms with van der Waals surface area (Å²) in [5, 5.41) is 6.63. The highest BCUT2D eigenvalue weighted by atomic mass is 79.9. The number of rotatable bonds is 10. The Morgan fingerprint density at radius 1 is 1.00 bits per heavy atom. The SMILES string of the molecule is CCN(CCN(C(=O)CNCC(=O)N(C)N1Cc2ccccc2C1)c1ccc(Br)cc1C)C(=O)OC(C)(C)C. The third-order valence-electron chi connectivity index (χ3n) is 6.54.